The van der Waals surface area contributed by atoms with Crippen LogP contribution < -0.4 is 15.7 Å². The van der Waals surface area contributed by atoms with Gasteiger partial charge in [0.25, 0.3) is 0 Å². The van der Waals surface area contributed by atoms with E-state index in [0.29, 0.717) is 0 Å². The molecule has 0 unspecified atom stereocenters. The average molecular weight is 405 g/mol. The highest BCUT2D eigenvalue weighted by atomic mass is 15.1. The smallest absolute Gasteiger partial charge is 0.329 e. The molecule has 0 bridgehead atoms. The molecule has 32 heavy (non-hydrogen) atoms. The molecular weight excluding hydrogens is 385 g/mol. The summed E-state index contributed by atoms with van der Waals surface area (Å²) in [7, 11) is 0. The van der Waals surface area contributed by atoms with Gasteiger partial charge < -0.3 is 4.81 Å². The van der Waals surface area contributed by atoms with Crippen molar-refractivity contribution >= 4 is 29.1 Å². The van der Waals surface area contributed by atoms with Crippen LogP contribution >= 0.6 is 0 Å². The number of fused-ring (bicyclic) bond motifs is 11. The van der Waals surface area contributed by atoms with Crippen LogP contribution in [0.2, 0.25) is 0 Å². The van der Waals surface area contributed by atoms with Gasteiger partial charge in [0.1, 0.15) is 0 Å². The first-order chi connectivity index (χ1) is 15.9. The van der Waals surface area contributed by atoms with E-state index in [4.69, 9.17) is 0 Å². The Morgan fingerprint density at radius 3 is 1.72 bits per heavy atom. The van der Waals surface area contributed by atoms with Crippen LogP contribution in [0.15, 0.2) is 121 Å². The normalized spacial score (nSPS) is 12.9. The summed E-state index contributed by atoms with van der Waals surface area (Å²) in [5.74, 6) is 0. The van der Waals surface area contributed by atoms with E-state index in [1.807, 2.05) is 0 Å². The fourth-order valence-corrected chi connectivity index (χ4v) is 5.50. The molecule has 0 amide bonds. The zero-order valence-electron chi connectivity index (χ0n) is 17.6. The van der Waals surface area contributed by atoms with E-state index in [9.17, 15) is 0 Å². The molecule has 2 aliphatic rings. The molecule has 0 aromatic heterocycles. The summed E-state index contributed by atoms with van der Waals surface area (Å²) in [4.78, 5) is 2.55. The predicted molar refractivity (Wildman–Crippen MR) is 136 cm³/mol. The number of nitrogens with zero attached hydrogens (tertiary/aromatic N) is 1. The van der Waals surface area contributed by atoms with Gasteiger partial charge in [0, 0.05) is 22.5 Å². The van der Waals surface area contributed by atoms with Crippen LogP contribution in [0.4, 0.5) is 11.4 Å². The van der Waals surface area contributed by atoms with Gasteiger partial charge in [0.2, 0.25) is 0 Å². The molecule has 0 saturated heterocycles. The third kappa shape index (κ3) is 2.41. The number of hydrogen-bond acceptors (Lipinski definition) is 1. The molecule has 0 N–H and O–H groups in total. The minimum Gasteiger partial charge on any atom is -0.376 e. The third-order valence-corrected chi connectivity index (χ3v) is 6.88. The van der Waals surface area contributed by atoms with Crippen LogP contribution in [0.1, 0.15) is 0 Å². The molecule has 2 aliphatic heterocycles. The minimum atomic E-state index is 0.173. The lowest BCUT2D eigenvalue weighted by atomic mass is 9.43. The molecule has 0 fully saturated rings. The maximum Gasteiger partial charge on any atom is 0.329 e. The molecule has 1 nitrogen and oxygen atoms in total. The Kier molecular flexibility index (Phi) is 3.71. The molecule has 2 heterocycles. The Balaban J connectivity index is 1.55. The van der Waals surface area contributed by atoms with Crippen LogP contribution in [0.3, 0.4) is 0 Å². The fourth-order valence-electron chi connectivity index (χ4n) is 5.50. The average Bonchev–Trinajstić information content (AvgIpc) is 2.88. The molecule has 148 valence electrons. The standard InChI is InChI=1S/C30H20BN/c1-2-10-21(11-3-1)22-18-19-30-26(20-22)24-13-5-8-16-28(24)31-27-15-7-4-12-23(27)25-14-6-9-17-29(25)32(30)31/h1-20H. The predicted octanol–water partition coefficient (Wildman–Crippen LogP) is 6.26. The lowest BCUT2D eigenvalue weighted by Crippen LogP contribution is -2.59. The molecule has 7 rings (SSSR count). The summed E-state index contributed by atoms with van der Waals surface area (Å²) in [6.07, 6.45) is 0. The first-order valence-corrected chi connectivity index (χ1v) is 11.2. The molecule has 5 aromatic rings. The van der Waals surface area contributed by atoms with Crippen LogP contribution in [-0.4, -0.2) is 6.85 Å². The van der Waals surface area contributed by atoms with Gasteiger partial charge in [-0.2, -0.15) is 0 Å². The molecule has 2 heteroatoms. The van der Waals surface area contributed by atoms with Crippen molar-refractivity contribution in [2.24, 2.45) is 0 Å². The van der Waals surface area contributed by atoms with Crippen molar-refractivity contribution in [1.29, 1.82) is 0 Å². The molecule has 0 spiro atoms. The lowest BCUT2D eigenvalue weighted by Gasteiger charge is -2.43. The van der Waals surface area contributed by atoms with Crippen molar-refractivity contribution in [2.75, 3.05) is 4.81 Å². The zero-order valence-corrected chi connectivity index (χ0v) is 17.6. The van der Waals surface area contributed by atoms with Gasteiger partial charge in [0.15, 0.2) is 0 Å². The highest BCUT2D eigenvalue weighted by Gasteiger charge is 2.41. The van der Waals surface area contributed by atoms with Gasteiger partial charge >= 0.3 is 6.85 Å². The van der Waals surface area contributed by atoms with Crippen LogP contribution in [0, 0.1) is 0 Å². The second-order valence-corrected chi connectivity index (χ2v) is 8.56. The third-order valence-electron chi connectivity index (χ3n) is 6.88. The summed E-state index contributed by atoms with van der Waals surface area (Å²) in [6, 6.07) is 44.2. The number of rotatable bonds is 1. The van der Waals surface area contributed by atoms with Gasteiger partial charge in [0.05, 0.1) is 0 Å². The summed E-state index contributed by atoms with van der Waals surface area (Å²) in [5, 5.41) is 0. The second-order valence-electron chi connectivity index (χ2n) is 8.56. The Morgan fingerprint density at radius 1 is 0.406 bits per heavy atom. The van der Waals surface area contributed by atoms with Gasteiger partial charge in [-0.05, 0) is 51.4 Å². The molecule has 0 atom stereocenters. The van der Waals surface area contributed by atoms with E-state index in [2.05, 4.69) is 126 Å². The van der Waals surface area contributed by atoms with Gasteiger partial charge in [-0.15, -0.1) is 0 Å². The van der Waals surface area contributed by atoms with Crippen molar-refractivity contribution < 1.29 is 0 Å². The first kappa shape index (κ1) is 17.6. The molecule has 5 aromatic carbocycles. The molecule has 0 radical (unpaired) electrons. The highest BCUT2D eigenvalue weighted by Crippen LogP contribution is 2.46. The van der Waals surface area contributed by atoms with Gasteiger partial charge in [-0.3, -0.25) is 0 Å². The largest absolute Gasteiger partial charge is 0.376 e. The molecule has 0 saturated carbocycles. The van der Waals surface area contributed by atoms with Crippen LogP contribution in [0.25, 0.3) is 33.4 Å². The van der Waals surface area contributed by atoms with E-state index < -0.39 is 0 Å². The fraction of sp³-hybridized carbons (Fsp3) is 0. The van der Waals surface area contributed by atoms with Crippen LogP contribution in [0.5, 0.6) is 0 Å². The number of para-hydroxylation sites is 1. The minimum absolute atomic E-state index is 0.173. The van der Waals surface area contributed by atoms with E-state index in [0.717, 1.165) is 0 Å². The van der Waals surface area contributed by atoms with Crippen molar-refractivity contribution in [3.63, 3.8) is 0 Å². The Bertz CT molecular complexity index is 1490. The van der Waals surface area contributed by atoms with Crippen molar-refractivity contribution in [1.82, 2.24) is 0 Å². The number of anilines is 2. The number of hydrogen-bond donors (Lipinski definition) is 0. The van der Waals surface area contributed by atoms with Gasteiger partial charge in [-0.1, -0.05) is 103 Å². The van der Waals surface area contributed by atoms with Gasteiger partial charge in [-0.25, -0.2) is 0 Å². The van der Waals surface area contributed by atoms with E-state index in [1.54, 1.807) is 0 Å². The van der Waals surface area contributed by atoms with Crippen molar-refractivity contribution in [3.05, 3.63) is 121 Å². The maximum atomic E-state index is 2.55. The van der Waals surface area contributed by atoms with Crippen molar-refractivity contribution in [2.45, 2.75) is 0 Å². The van der Waals surface area contributed by atoms with Crippen molar-refractivity contribution in [3.8, 4) is 33.4 Å². The summed E-state index contributed by atoms with van der Waals surface area (Å²) < 4.78 is 0. The Hall–Kier alpha value is -4.04. The molecule has 0 aliphatic carbocycles. The van der Waals surface area contributed by atoms with E-state index in [-0.39, 0.29) is 6.85 Å². The number of benzene rings is 5. The quantitative estimate of drug-likeness (QED) is 0.298. The monoisotopic (exact) mass is 405 g/mol. The van der Waals surface area contributed by atoms with Crippen LogP contribution in [-0.2, 0) is 0 Å². The van der Waals surface area contributed by atoms with E-state index in [1.165, 1.54) is 55.7 Å². The Labute approximate surface area is 188 Å². The summed E-state index contributed by atoms with van der Waals surface area (Å²) in [6.45, 7) is 0.173. The lowest BCUT2D eigenvalue weighted by molar-refractivity contribution is 1.35. The second kappa shape index (κ2) is 6.73. The highest BCUT2D eigenvalue weighted by molar-refractivity contribution is 6.92. The molecular formula is C30H20BN. The summed E-state index contributed by atoms with van der Waals surface area (Å²) >= 11 is 0. The topological polar surface area (TPSA) is 3.24 Å². The Morgan fingerprint density at radius 2 is 0.969 bits per heavy atom. The SMILES string of the molecule is c1ccc(-c2ccc3c(c2)-c2ccccc2B2c4ccccc4-c4ccccc4N23)cc1. The summed E-state index contributed by atoms with van der Waals surface area (Å²) in [5.41, 5.74) is 13.1. The maximum absolute atomic E-state index is 2.55. The first-order valence-electron chi connectivity index (χ1n) is 11.2. The van der Waals surface area contributed by atoms with E-state index >= 15 is 0 Å². The zero-order chi connectivity index (χ0) is 21.1.